The molecule has 0 aromatic carbocycles. The number of allylic oxidation sites excluding steroid dienone is 20. The molecule has 16 nitrogen and oxygen atoms in total. The van der Waals surface area contributed by atoms with Gasteiger partial charge in [0.25, 0.3) is 0 Å². The minimum Gasteiger partial charge on any atom is -0.463 e. The molecule has 0 aliphatic heterocycles. The van der Waals surface area contributed by atoms with Crippen LogP contribution >= 0.6 is 15.6 Å². The zero-order valence-corrected chi connectivity index (χ0v) is 65.3. The minimum atomic E-state index is -4.93. The molecular formula is C83H144O16P2. The van der Waals surface area contributed by atoms with E-state index in [1.807, 2.05) is 0 Å². The molecular weight excluding hydrogens is 1310 g/mol. The van der Waals surface area contributed by atoms with Crippen LogP contribution < -0.4 is 0 Å². The lowest BCUT2D eigenvalue weighted by atomic mass is 10.0. The van der Waals surface area contributed by atoms with Crippen LogP contribution in [0.3, 0.4) is 0 Å². The summed E-state index contributed by atoms with van der Waals surface area (Å²) in [5.41, 5.74) is 0. The monoisotopic (exact) mass is 1460 g/mol. The smallest absolute Gasteiger partial charge is 0.463 e. The van der Waals surface area contributed by atoms with Gasteiger partial charge < -0.3 is 34.2 Å². The third-order valence-corrected chi connectivity index (χ3v) is 18.5. The number of esters is 3. The lowest BCUT2D eigenvalue weighted by molar-refractivity contribution is -0.161. The molecule has 0 fully saturated rings. The van der Waals surface area contributed by atoms with Gasteiger partial charge in [-0.1, -0.05) is 296 Å². The second-order valence-electron chi connectivity index (χ2n) is 26.5. The van der Waals surface area contributed by atoms with Crippen molar-refractivity contribution in [1.82, 2.24) is 0 Å². The van der Waals surface area contributed by atoms with Gasteiger partial charge in [-0.2, -0.15) is 0 Å². The lowest BCUT2D eigenvalue weighted by Gasteiger charge is -2.21. The van der Waals surface area contributed by atoms with Crippen LogP contribution in [-0.4, -0.2) is 95.9 Å². The van der Waals surface area contributed by atoms with Crippen molar-refractivity contribution in [2.45, 2.75) is 347 Å². The van der Waals surface area contributed by atoms with E-state index in [9.17, 15) is 43.5 Å². The highest BCUT2D eigenvalue weighted by Gasteiger charge is 2.29. The molecule has 0 radical (unpaired) electrons. The van der Waals surface area contributed by atoms with Crippen molar-refractivity contribution in [3.63, 3.8) is 0 Å². The number of phosphoric ester groups is 2. The highest BCUT2D eigenvalue weighted by atomic mass is 31.2. The van der Waals surface area contributed by atoms with Crippen LogP contribution in [0.25, 0.3) is 0 Å². The van der Waals surface area contributed by atoms with E-state index in [0.717, 1.165) is 161 Å². The Bertz CT molecular complexity index is 2320. The zero-order chi connectivity index (χ0) is 73.7. The molecule has 0 aliphatic carbocycles. The van der Waals surface area contributed by atoms with Crippen LogP contribution in [0, 0.1) is 0 Å². The average Bonchev–Trinajstić information content (AvgIpc) is 0.933. The van der Waals surface area contributed by atoms with Gasteiger partial charge in [0.05, 0.1) is 26.4 Å². The van der Waals surface area contributed by atoms with Crippen molar-refractivity contribution >= 4 is 33.6 Å². The van der Waals surface area contributed by atoms with Gasteiger partial charge in [-0.15, -0.1) is 0 Å². The SMILES string of the molecule is CC/C=C\C/C=C\C/C=C\C/C=C\C/C=C\C/C=C\CCCCCCCCCCCCCCCCC(=O)OCC(O)COP(=O)(O)OCC(O)COP(=O)(O)OCC(COC(=O)CCCCCCCC/C=C\C/C=C\C/C=C\CCCCC)OC(=O)CCCCCCC/C=C\CCCCCC. The molecule has 4 N–H and O–H groups in total. The van der Waals surface area contributed by atoms with E-state index in [2.05, 4.69) is 142 Å². The molecule has 0 heterocycles. The Balaban J connectivity index is 4.42. The Morgan fingerprint density at radius 3 is 0.861 bits per heavy atom. The standard InChI is InChI=1S/C83H144O16P2/c1-4-7-10-13-16-19-22-25-27-29-31-32-33-34-35-36-37-38-39-40-41-42-43-44-46-48-49-52-54-57-60-63-66-69-81(86)93-72-78(84)73-95-100(89,90)96-74-79(85)75-97-101(91,92)98-77-80(99-83(88)71-68-65-62-59-56-51-24-21-18-15-12-9-6-3)76-94-82(87)70-67-64-61-58-55-53-50-47-45-30-28-26-23-20-17-14-11-8-5-2/h7,10,16-17,19-21,24-28,31-32,34-35,37-38,45,47,78-80,84-85H,4-6,8-9,11-15,18,22-23,29-30,33,36,39-44,46,48-77H2,1-3H3,(H,89,90)(H,91,92)/b10-7-,19-16-,20-17-,24-21-,27-25-,28-26-,32-31-,35-34-,38-37-,47-45-. The fourth-order valence-corrected chi connectivity index (χ4v) is 12.2. The van der Waals surface area contributed by atoms with Gasteiger partial charge in [-0.25, -0.2) is 9.13 Å². The zero-order valence-electron chi connectivity index (χ0n) is 63.5. The summed E-state index contributed by atoms with van der Waals surface area (Å²) in [6.45, 7) is 2.51. The number of phosphoric acid groups is 2. The number of hydrogen-bond acceptors (Lipinski definition) is 14. The second-order valence-corrected chi connectivity index (χ2v) is 29.4. The van der Waals surface area contributed by atoms with Gasteiger partial charge in [0.15, 0.2) is 6.10 Å². The lowest BCUT2D eigenvalue weighted by Crippen LogP contribution is -2.30. The summed E-state index contributed by atoms with van der Waals surface area (Å²) < 4.78 is 61.1. The maximum atomic E-state index is 12.9. The summed E-state index contributed by atoms with van der Waals surface area (Å²) >= 11 is 0. The first kappa shape index (κ1) is 97.0. The van der Waals surface area contributed by atoms with E-state index in [4.69, 9.17) is 32.3 Å². The van der Waals surface area contributed by atoms with Crippen LogP contribution in [0.15, 0.2) is 122 Å². The third kappa shape index (κ3) is 76.9. The normalized spacial score (nSPS) is 14.6. The molecule has 0 aromatic rings. The van der Waals surface area contributed by atoms with Gasteiger partial charge >= 0.3 is 33.6 Å². The highest BCUT2D eigenvalue weighted by Crippen LogP contribution is 2.45. The molecule has 5 atom stereocenters. The van der Waals surface area contributed by atoms with Crippen molar-refractivity contribution in [3.05, 3.63) is 122 Å². The minimum absolute atomic E-state index is 0.0913. The third-order valence-electron chi connectivity index (χ3n) is 16.6. The topological polar surface area (TPSA) is 231 Å². The largest absolute Gasteiger partial charge is 0.472 e. The highest BCUT2D eigenvalue weighted by molar-refractivity contribution is 7.47. The number of carbonyl (C=O) groups excluding carboxylic acids is 3. The molecule has 18 heteroatoms. The maximum absolute atomic E-state index is 12.9. The average molecular weight is 1460 g/mol. The number of rotatable bonds is 75. The quantitative estimate of drug-likeness (QED) is 0.0146. The molecule has 0 bridgehead atoms. The predicted octanol–water partition coefficient (Wildman–Crippen LogP) is 23.3. The van der Waals surface area contributed by atoms with Crippen LogP contribution in [0.5, 0.6) is 0 Å². The number of unbranched alkanes of at least 4 members (excludes halogenated alkanes) is 32. The Kier molecular flexibility index (Phi) is 72.6. The maximum Gasteiger partial charge on any atom is 0.472 e. The van der Waals surface area contributed by atoms with E-state index in [0.29, 0.717) is 19.3 Å². The van der Waals surface area contributed by atoms with Crippen LogP contribution in [-0.2, 0) is 55.8 Å². The molecule has 0 saturated carbocycles. The second kappa shape index (κ2) is 75.6. The summed E-state index contributed by atoms with van der Waals surface area (Å²) in [5.74, 6) is -1.59. The molecule has 0 aromatic heterocycles. The van der Waals surface area contributed by atoms with Crippen LogP contribution in [0.2, 0.25) is 0 Å². The van der Waals surface area contributed by atoms with Gasteiger partial charge in [-0.05, 0) is 135 Å². The Morgan fingerprint density at radius 1 is 0.287 bits per heavy atom. The molecule has 0 spiro atoms. The van der Waals surface area contributed by atoms with E-state index >= 15 is 0 Å². The van der Waals surface area contributed by atoms with E-state index in [-0.39, 0.29) is 19.3 Å². The number of ether oxygens (including phenoxy) is 3. The van der Waals surface area contributed by atoms with Gasteiger partial charge in [0.2, 0.25) is 0 Å². The predicted molar refractivity (Wildman–Crippen MR) is 417 cm³/mol. The van der Waals surface area contributed by atoms with E-state index in [1.54, 1.807) is 0 Å². The summed E-state index contributed by atoms with van der Waals surface area (Å²) in [7, 11) is -9.79. The summed E-state index contributed by atoms with van der Waals surface area (Å²) in [4.78, 5) is 58.6. The van der Waals surface area contributed by atoms with E-state index < -0.39 is 91.5 Å². The first-order valence-corrected chi connectivity index (χ1v) is 42.8. The van der Waals surface area contributed by atoms with Crippen molar-refractivity contribution in [3.8, 4) is 0 Å². The first-order chi connectivity index (χ1) is 49.2. The van der Waals surface area contributed by atoms with Crippen LogP contribution in [0.4, 0.5) is 0 Å². The number of carbonyl (C=O) groups is 3. The number of aliphatic hydroxyl groups is 2. The first-order valence-electron chi connectivity index (χ1n) is 39.8. The number of aliphatic hydroxyl groups excluding tert-OH is 2. The fourth-order valence-electron chi connectivity index (χ4n) is 10.6. The molecule has 5 unspecified atom stereocenters. The Morgan fingerprint density at radius 2 is 0.525 bits per heavy atom. The summed E-state index contributed by atoms with van der Waals surface area (Å²) in [5, 5.41) is 20.6. The van der Waals surface area contributed by atoms with Crippen LogP contribution in [0.1, 0.15) is 329 Å². The molecule has 0 aliphatic rings. The molecule has 0 rings (SSSR count). The van der Waals surface area contributed by atoms with Crippen molar-refractivity contribution in [2.75, 3.05) is 39.6 Å². The van der Waals surface area contributed by atoms with Gasteiger partial charge in [0, 0.05) is 19.3 Å². The van der Waals surface area contributed by atoms with Crippen molar-refractivity contribution < 1.29 is 75.8 Å². The Hall–Kier alpha value is -4.05. The number of hydrogen-bond donors (Lipinski definition) is 4. The molecule has 0 saturated heterocycles. The van der Waals surface area contributed by atoms with Crippen molar-refractivity contribution in [1.29, 1.82) is 0 Å². The van der Waals surface area contributed by atoms with Gasteiger partial charge in [0.1, 0.15) is 25.4 Å². The van der Waals surface area contributed by atoms with Gasteiger partial charge in [-0.3, -0.25) is 32.5 Å². The summed E-state index contributed by atoms with van der Waals surface area (Å²) in [6, 6.07) is 0. The fraction of sp³-hybridized carbons (Fsp3) is 0.723. The molecule has 101 heavy (non-hydrogen) atoms. The Labute approximate surface area is 614 Å². The molecule has 0 amide bonds. The van der Waals surface area contributed by atoms with E-state index in [1.165, 1.54) is 109 Å². The summed E-state index contributed by atoms with van der Waals surface area (Å²) in [6.07, 6.45) is 89.7. The molecule has 582 valence electrons. The van der Waals surface area contributed by atoms with Crippen molar-refractivity contribution in [2.24, 2.45) is 0 Å².